The molecule has 10 heavy (non-hydrogen) atoms. The third-order valence-electron chi connectivity index (χ3n) is 1.05. The van der Waals surface area contributed by atoms with Crippen molar-refractivity contribution in [1.82, 2.24) is 10.2 Å². The van der Waals surface area contributed by atoms with Gasteiger partial charge in [-0.3, -0.25) is 0 Å². The quantitative estimate of drug-likeness (QED) is 0.599. The molecule has 0 unspecified atom stereocenters. The Morgan fingerprint density at radius 2 is 2.10 bits per heavy atom. The Labute approximate surface area is 58.8 Å². The highest BCUT2D eigenvalue weighted by atomic mass is 16.5. The molecule has 1 aromatic heterocycles. The van der Waals surface area contributed by atoms with Gasteiger partial charge in [0.2, 0.25) is 5.88 Å². The molecule has 1 heterocycles. The van der Waals surface area contributed by atoms with Crippen LogP contribution in [0.1, 0.15) is 0 Å². The van der Waals surface area contributed by atoms with Gasteiger partial charge in [-0.25, -0.2) is 0 Å². The molecule has 4 nitrogen and oxygen atoms in total. The summed E-state index contributed by atoms with van der Waals surface area (Å²) in [5.41, 5.74) is 0. The summed E-state index contributed by atoms with van der Waals surface area (Å²) in [6.07, 6.45) is 1.52. The van der Waals surface area contributed by atoms with E-state index in [9.17, 15) is 0 Å². The molecule has 0 bridgehead atoms. The van der Waals surface area contributed by atoms with Crippen molar-refractivity contribution in [2.75, 3.05) is 14.2 Å². The summed E-state index contributed by atoms with van der Waals surface area (Å²) in [6, 6.07) is 1.66. The van der Waals surface area contributed by atoms with E-state index in [-0.39, 0.29) is 0 Å². The second-order valence-electron chi connectivity index (χ2n) is 1.64. The molecule has 0 amide bonds. The van der Waals surface area contributed by atoms with Crippen LogP contribution >= 0.6 is 0 Å². The van der Waals surface area contributed by atoms with Gasteiger partial charge < -0.3 is 9.47 Å². The zero-order valence-corrected chi connectivity index (χ0v) is 5.87. The Balaban J connectivity index is 2.87. The molecule has 0 aromatic carbocycles. The van der Waals surface area contributed by atoms with Gasteiger partial charge in [-0.05, 0) is 0 Å². The summed E-state index contributed by atoms with van der Waals surface area (Å²) in [6.45, 7) is 0. The minimum absolute atomic E-state index is 0.458. The predicted octanol–water partition coefficient (Wildman–Crippen LogP) is 0.494. The van der Waals surface area contributed by atoms with Gasteiger partial charge in [0.25, 0.3) is 0 Å². The van der Waals surface area contributed by atoms with Crippen LogP contribution in [-0.4, -0.2) is 24.4 Å². The molecule has 4 heteroatoms. The molecule has 0 radical (unpaired) electrons. The lowest BCUT2D eigenvalue weighted by Crippen LogP contribution is -1.91. The van der Waals surface area contributed by atoms with Crippen LogP contribution in [-0.2, 0) is 0 Å². The molecule has 0 saturated heterocycles. The molecule has 0 atom stereocenters. The summed E-state index contributed by atoms with van der Waals surface area (Å²) in [7, 11) is 3.10. The minimum atomic E-state index is 0.458. The van der Waals surface area contributed by atoms with Crippen LogP contribution in [0.4, 0.5) is 0 Å². The Hall–Kier alpha value is -1.32. The standard InChI is InChI=1S/C6H8N2O2/c1-9-5-3-6(10-2)8-7-4-5/h3-4H,1-2H3. The second kappa shape index (κ2) is 3.00. The van der Waals surface area contributed by atoms with E-state index in [1.54, 1.807) is 13.2 Å². The third kappa shape index (κ3) is 1.34. The van der Waals surface area contributed by atoms with Crippen LogP contribution < -0.4 is 9.47 Å². The highest BCUT2D eigenvalue weighted by Crippen LogP contribution is 2.12. The largest absolute Gasteiger partial charge is 0.495 e. The molecule has 0 aliphatic rings. The van der Waals surface area contributed by atoms with E-state index in [2.05, 4.69) is 10.2 Å². The molecule has 0 spiro atoms. The van der Waals surface area contributed by atoms with Crippen LogP contribution in [0.5, 0.6) is 11.6 Å². The molecule has 0 fully saturated rings. The Morgan fingerprint density at radius 1 is 1.30 bits per heavy atom. The second-order valence-corrected chi connectivity index (χ2v) is 1.64. The van der Waals surface area contributed by atoms with Gasteiger partial charge in [0.15, 0.2) is 0 Å². The maximum Gasteiger partial charge on any atom is 0.236 e. The molecule has 54 valence electrons. The smallest absolute Gasteiger partial charge is 0.236 e. The van der Waals surface area contributed by atoms with Crippen molar-refractivity contribution in [2.24, 2.45) is 0 Å². The monoisotopic (exact) mass is 140 g/mol. The molecular formula is C6H8N2O2. The fraction of sp³-hybridized carbons (Fsp3) is 0.333. The van der Waals surface area contributed by atoms with E-state index in [1.807, 2.05) is 0 Å². The maximum atomic E-state index is 4.87. The van der Waals surface area contributed by atoms with Crippen molar-refractivity contribution in [3.63, 3.8) is 0 Å². The van der Waals surface area contributed by atoms with Crippen molar-refractivity contribution < 1.29 is 9.47 Å². The zero-order chi connectivity index (χ0) is 7.40. The first-order valence-corrected chi connectivity index (χ1v) is 2.77. The Kier molecular flexibility index (Phi) is 2.04. The molecule has 1 aromatic rings. The van der Waals surface area contributed by atoms with E-state index >= 15 is 0 Å². The lowest BCUT2D eigenvalue weighted by Gasteiger charge is -1.99. The summed E-state index contributed by atoms with van der Waals surface area (Å²) in [4.78, 5) is 0. The SMILES string of the molecule is COc1cnnc(OC)c1. The van der Waals surface area contributed by atoms with Gasteiger partial charge in [0.1, 0.15) is 5.75 Å². The number of rotatable bonds is 2. The number of hydrogen-bond donors (Lipinski definition) is 0. The molecule has 1 rings (SSSR count). The fourth-order valence-electron chi connectivity index (χ4n) is 0.542. The van der Waals surface area contributed by atoms with Crippen molar-refractivity contribution >= 4 is 0 Å². The van der Waals surface area contributed by atoms with Gasteiger partial charge in [0, 0.05) is 6.07 Å². The summed E-state index contributed by atoms with van der Waals surface area (Å²) in [5.74, 6) is 1.10. The van der Waals surface area contributed by atoms with Crippen LogP contribution in [0.15, 0.2) is 12.3 Å². The van der Waals surface area contributed by atoms with E-state index in [0.29, 0.717) is 11.6 Å². The number of hydrogen-bond acceptors (Lipinski definition) is 4. The third-order valence-corrected chi connectivity index (χ3v) is 1.05. The van der Waals surface area contributed by atoms with Crippen molar-refractivity contribution in [1.29, 1.82) is 0 Å². The maximum absolute atomic E-state index is 4.87. The first kappa shape index (κ1) is 6.80. The van der Waals surface area contributed by atoms with Crippen molar-refractivity contribution in [2.45, 2.75) is 0 Å². The van der Waals surface area contributed by atoms with Crippen molar-refractivity contribution in [3.8, 4) is 11.6 Å². The van der Waals surface area contributed by atoms with E-state index in [1.165, 1.54) is 13.3 Å². The lowest BCUT2D eigenvalue weighted by molar-refractivity contribution is 0.375. The normalized spacial score (nSPS) is 9.00. The first-order valence-electron chi connectivity index (χ1n) is 2.77. The van der Waals surface area contributed by atoms with Crippen LogP contribution in [0.3, 0.4) is 0 Å². The molecule has 0 aliphatic carbocycles. The molecule has 0 aliphatic heterocycles. The topological polar surface area (TPSA) is 44.2 Å². The average molecular weight is 140 g/mol. The van der Waals surface area contributed by atoms with Gasteiger partial charge >= 0.3 is 0 Å². The minimum Gasteiger partial charge on any atom is -0.495 e. The highest BCUT2D eigenvalue weighted by molar-refractivity contribution is 5.22. The summed E-state index contributed by atoms with van der Waals surface area (Å²) in [5, 5.41) is 7.28. The van der Waals surface area contributed by atoms with E-state index < -0.39 is 0 Å². The van der Waals surface area contributed by atoms with Crippen LogP contribution in [0.25, 0.3) is 0 Å². The number of nitrogens with zero attached hydrogens (tertiary/aromatic N) is 2. The average Bonchev–Trinajstić information content (AvgIpc) is 2.05. The van der Waals surface area contributed by atoms with Gasteiger partial charge in [0.05, 0.1) is 20.4 Å². The Bertz CT molecular complexity index is 195. The lowest BCUT2D eigenvalue weighted by atomic mass is 10.5. The van der Waals surface area contributed by atoms with Crippen molar-refractivity contribution in [3.05, 3.63) is 12.3 Å². The van der Waals surface area contributed by atoms with E-state index in [0.717, 1.165) is 0 Å². The van der Waals surface area contributed by atoms with Crippen LogP contribution in [0, 0.1) is 0 Å². The van der Waals surface area contributed by atoms with Gasteiger partial charge in [-0.15, -0.1) is 5.10 Å². The fourth-order valence-corrected chi connectivity index (χ4v) is 0.542. The highest BCUT2D eigenvalue weighted by Gasteiger charge is 1.94. The molecule has 0 saturated carbocycles. The molecule has 0 N–H and O–H groups in total. The first-order chi connectivity index (χ1) is 4.86. The zero-order valence-electron chi connectivity index (χ0n) is 5.87. The summed E-state index contributed by atoms with van der Waals surface area (Å²) < 4.78 is 9.68. The van der Waals surface area contributed by atoms with E-state index in [4.69, 9.17) is 9.47 Å². The number of methoxy groups -OCH3 is 2. The van der Waals surface area contributed by atoms with Crippen LogP contribution in [0.2, 0.25) is 0 Å². The Morgan fingerprint density at radius 3 is 2.70 bits per heavy atom. The molecular weight excluding hydrogens is 132 g/mol. The van der Waals surface area contributed by atoms with Gasteiger partial charge in [-0.2, -0.15) is 5.10 Å². The number of aromatic nitrogens is 2. The predicted molar refractivity (Wildman–Crippen MR) is 35.1 cm³/mol. The summed E-state index contributed by atoms with van der Waals surface area (Å²) >= 11 is 0. The number of ether oxygens (including phenoxy) is 2. The van der Waals surface area contributed by atoms with Gasteiger partial charge in [-0.1, -0.05) is 0 Å².